The van der Waals surface area contributed by atoms with E-state index in [0.29, 0.717) is 5.88 Å². The fourth-order valence-corrected chi connectivity index (χ4v) is 3.09. The molecule has 2 aromatic rings. The van der Waals surface area contributed by atoms with E-state index in [-0.39, 0.29) is 11.7 Å². The normalized spacial score (nSPS) is 12.2. The van der Waals surface area contributed by atoms with Crippen molar-refractivity contribution in [2.45, 2.75) is 12.8 Å². The molecule has 1 atom stereocenters. The van der Waals surface area contributed by atoms with Crippen LogP contribution in [0.15, 0.2) is 46.9 Å². The summed E-state index contributed by atoms with van der Waals surface area (Å²) in [6.45, 7) is 0. The molecule has 0 bridgehead atoms. The zero-order chi connectivity index (χ0) is 15.2. The molecule has 0 saturated carbocycles. The minimum atomic E-state index is -0.238. The van der Waals surface area contributed by atoms with Gasteiger partial charge in [-0.25, -0.2) is 4.39 Å². The molecule has 0 saturated heterocycles. The van der Waals surface area contributed by atoms with Gasteiger partial charge in [0.15, 0.2) is 0 Å². The van der Waals surface area contributed by atoms with Crippen LogP contribution in [0.25, 0.3) is 0 Å². The average molecular weight is 372 g/mol. The second-order valence-corrected chi connectivity index (χ2v) is 6.14. The van der Waals surface area contributed by atoms with E-state index in [0.717, 1.165) is 34.2 Å². The highest BCUT2D eigenvalue weighted by molar-refractivity contribution is 9.10. The second-order valence-electron chi connectivity index (χ2n) is 4.98. The first kappa shape index (κ1) is 16.3. The largest absolute Gasteiger partial charge is 0.496 e. The minimum Gasteiger partial charge on any atom is -0.496 e. The molecule has 2 rings (SSSR count). The first-order chi connectivity index (χ1) is 10.1. The number of hydrogen-bond acceptors (Lipinski definition) is 1. The van der Waals surface area contributed by atoms with E-state index >= 15 is 0 Å². The molecule has 112 valence electrons. The molecular formula is C17H17BrClFO. The summed E-state index contributed by atoms with van der Waals surface area (Å²) in [6.07, 6.45) is 1.62. The quantitative estimate of drug-likeness (QED) is 0.631. The summed E-state index contributed by atoms with van der Waals surface area (Å²) >= 11 is 9.53. The molecule has 0 amide bonds. The molecule has 2 aromatic carbocycles. The Hall–Kier alpha value is -1.06. The van der Waals surface area contributed by atoms with Gasteiger partial charge in [-0.2, -0.15) is 0 Å². The maximum absolute atomic E-state index is 13.1. The Morgan fingerprint density at radius 3 is 2.52 bits per heavy atom. The molecular weight excluding hydrogens is 355 g/mol. The van der Waals surface area contributed by atoms with Gasteiger partial charge in [-0.1, -0.05) is 40.2 Å². The van der Waals surface area contributed by atoms with Crippen LogP contribution in [0.2, 0.25) is 0 Å². The zero-order valence-electron chi connectivity index (χ0n) is 11.8. The fourth-order valence-electron chi connectivity index (χ4n) is 2.36. The summed E-state index contributed by atoms with van der Waals surface area (Å²) in [5, 5.41) is 0. The molecule has 1 nitrogen and oxygen atoms in total. The summed E-state index contributed by atoms with van der Waals surface area (Å²) < 4.78 is 19.3. The number of methoxy groups -OCH3 is 1. The molecule has 0 spiro atoms. The van der Waals surface area contributed by atoms with E-state index in [2.05, 4.69) is 22.0 Å². The number of benzene rings is 2. The van der Waals surface area contributed by atoms with Gasteiger partial charge in [-0.3, -0.25) is 0 Å². The van der Waals surface area contributed by atoms with Crippen LogP contribution in [-0.4, -0.2) is 13.0 Å². The van der Waals surface area contributed by atoms with Gasteiger partial charge in [-0.05, 0) is 48.1 Å². The third-order valence-electron chi connectivity index (χ3n) is 3.44. The topological polar surface area (TPSA) is 9.23 Å². The number of para-hydroxylation sites is 1. The van der Waals surface area contributed by atoms with Crippen molar-refractivity contribution in [3.63, 3.8) is 0 Å². The molecule has 0 aliphatic heterocycles. The lowest BCUT2D eigenvalue weighted by Gasteiger charge is -2.17. The summed E-state index contributed by atoms with van der Waals surface area (Å²) in [5.74, 6) is 1.45. The van der Waals surface area contributed by atoms with E-state index in [1.807, 2.05) is 18.2 Å². The lowest BCUT2D eigenvalue weighted by Crippen LogP contribution is -2.11. The Balaban J connectivity index is 2.13. The third kappa shape index (κ3) is 4.45. The van der Waals surface area contributed by atoms with E-state index in [1.165, 1.54) is 12.1 Å². The number of ether oxygens (including phenoxy) is 1. The summed E-state index contributed by atoms with van der Waals surface area (Å²) in [4.78, 5) is 0. The number of hydrogen-bond donors (Lipinski definition) is 0. The van der Waals surface area contributed by atoms with E-state index in [9.17, 15) is 4.39 Å². The standard InChI is InChI=1S/C17H17BrClFO/c1-21-17-5-3-2-4-14(17)9-12(11-19)8-13-6-7-15(20)10-16(13)18/h2-7,10,12H,8-9,11H2,1H3. The molecule has 0 N–H and O–H groups in total. The summed E-state index contributed by atoms with van der Waals surface area (Å²) in [7, 11) is 1.67. The van der Waals surface area contributed by atoms with E-state index < -0.39 is 0 Å². The van der Waals surface area contributed by atoms with Crippen LogP contribution < -0.4 is 4.74 Å². The maximum atomic E-state index is 13.1. The average Bonchev–Trinajstić information content (AvgIpc) is 2.49. The van der Waals surface area contributed by atoms with E-state index in [1.54, 1.807) is 13.2 Å². The summed E-state index contributed by atoms with van der Waals surface area (Å²) in [5.41, 5.74) is 2.21. The molecule has 4 heteroatoms. The van der Waals surface area contributed by atoms with Gasteiger partial charge in [0.05, 0.1) is 7.11 Å². The minimum absolute atomic E-state index is 0.238. The Labute approximate surface area is 138 Å². The molecule has 21 heavy (non-hydrogen) atoms. The predicted molar refractivity (Wildman–Crippen MR) is 88.7 cm³/mol. The van der Waals surface area contributed by atoms with Gasteiger partial charge < -0.3 is 4.74 Å². The van der Waals surface area contributed by atoms with Gasteiger partial charge in [-0.15, -0.1) is 11.6 Å². The van der Waals surface area contributed by atoms with Crippen LogP contribution in [0.3, 0.4) is 0 Å². The van der Waals surface area contributed by atoms with Gasteiger partial charge >= 0.3 is 0 Å². The Morgan fingerprint density at radius 2 is 1.86 bits per heavy atom. The molecule has 0 heterocycles. The van der Waals surface area contributed by atoms with Crippen molar-refractivity contribution in [3.05, 3.63) is 63.9 Å². The van der Waals surface area contributed by atoms with Crippen molar-refractivity contribution < 1.29 is 9.13 Å². The van der Waals surface area contributed by atoms with Crippen LogP contribution in [0.5, 0.6) is 5.75 Å². The van der Waals surface area contributed by atoms with Crippen molar-refractivity contribution in [3.8, 4) is 5.75 Å². The molecule has 0 fully saturated rings. The molecule has 1 unspecified atom stereocenters. The van der Waals surface area contributed by atoms with Crippen LogP contribution in [-0.2, 0) is 12.8 Å². The van der Waals surface area contributed by atoms with Gasteiger partial charge in [0.25, 0.3) is 0 Å². The Morgan fingerprint density at radius 1 is 1.14 bits per heavy atom. The SMILES string of the molecule is COc1ccccc1CC(CCl)Cc1ccc(F)cc1Br. The maximum Gasteiger partial charge on any atom is 0.124 e. The van der Waals surface area contributed by atoms with Crippen molar-refractivity contribution in [2.24, 2.45) is 5.92 Å². The van der Waals surface area contributed by atoms with Crippen molar-refractivity contribution >= 4 is 27.5 Å². The number of halogens is 3. The van der Waals surface area contributed by atoms with Gasteiger partial charge in [0.2, 0.25) is 0 Å². The third-order valence-corrected chi connectivity index (χ3v) is 4.62. The molecule has 0 aliphatic carbocycles. The lowest BCUT2D eigenvalue weighted by atomic mass is 9.93. The van der Waals surface area contributed by atoms with Crippen LogP contribution in [0.4, 0.5) is 4.39 Å². The van der Waals surface area contributed by atoms with Crippen molar-refractivity contribution in [2.75, 3.05) is 13.0 Å². The Kier molecular flexibility index (Phi) is 6.07. The number of rotatable bonds is 6. The van der Waals surface area contributed by atoms with Crippen molar-refractivity contribution in [1.29, 1.82) is 0 Å². The summed E-state index contributed by atoms with van der Waals surface area (Å²) in [6, 6.07) is 12.7. The van der Waals surface area contributed by atoms with Crippen LogP contribution in [0, 0.1) is 11.7 Å². The number of alkyl halides is 1. The molecule has 0 aromatic heterocycles. The lowest BCUT2D eigenvalue weighted by molar-refractivity contribution is 0.405. The molecule has 0 aliphatic rings. The van der Waals surface area contributed by atoms with Gasteiger partial charge in [0.1, 0.15) is 11.6 Å². The van der Waals surface area contributed by atoms with Crippen LogP contribution in [0.1, 0.15) is 11.1 Å². The smallest absolute Gasteiger partial charge is 0.124 e. The van der Waals surface area contributed by atoms with E-state index in [4.69, 9.17) is 16.3 Å². The second kappa shape index (κ2) is 7.81. The fraction of sp³-hybridized carbons (Fsp3) is 0.294. The zero-order valence-corrected chi connectivity index (χ0v) is 14.1. The highest BCUT2D eigenvalue weighted by atomic mass is 79.9. The molecule has 0 radical (unpaired) electrons. The monoisotopic (exact) mass is 370 g/mol. The highest BCUT2D eigenvalue weighted by Gasteiger charge is 2.14. The predicted octanol–water partition coefficient (Wildman–Crippen LogP) is 5.24. The first-order valence-electron chi connectivity index (χ1n) is 6.75. The van der Waals surface area contributed by atoms with Crippen LogP contribution >= 0.6 is 27.5 Å². The first-order valence-corrected chi connectivity index (χ1v) is 8.08. The Bertz CT molecular complexity index is 603. The van der Waals surface area contributed by atoms with Crippen molar-refractivity contribution in [1.82, 2.24) is 0 Å². The van der Waals surface area contributed by atoms with Gasteiger partial charge in [0, 0.05) is 10.4 Å². The highest BCUT2D eigenvalue weighted by Crippen LogP contribution is 2.26.